The summed E-state index contributed by atoms with van der Waals surface area (Å²) in [4.78, 5) is 13.2. The summed E-state index contributed by atoms with van der Waals surface area (Å²) in [6.45, 7) is 2.05. The minimum atomic E-state index is -4.17. The molecule has 2 N–H and O–H groups in total. The van der Waals surface area contributed by atoms with Crippen LogP contribution in [-0.2, 0) is 7.05 Å². The van der Waals surface area contributed by atoms with Crippen LogP contribution in [0, 0.1) is 12.8 Å². The van der Waals surface area contributed by atoms with Crippen molar-refractivity contribution in [2.45, 2.75) is 19.5 Å². The fourth-order valence-corrected chi connectivity index (χ4v) is 2.60. The minimum absolute atomic E-state index is 0.0429. The number of urea groups is 1. The summed E-state index contributed by atoms with van der Waals surface area (Å²) in [7, 11) is 1.72. The Morgan fingerprint density at radius 1 is 1.50 bits per heavy atom. The molecule has 1 fully saturated rings. The SMILES string of the molecule is Cc1cc(NC(=O)NC[C@@H]2CCN(CC(F)(F)F)C2)n(C)n1. The van der Waals surface area contributed by atoms with Gasteiger partial charge in [0, 0.05) is 26.2 Å². The predicted molar refractivity (Wildman–Crippen MR) is 75.6 cm³/mol. The zero-order valence-corrected chi connectivity index (χ0v) is 12.6. The van der Waals surface area contributed by atoms with Crippen molar-refractivity contribution in [2.75, 3.05) is 31.5 Å². The van der Waals surface area contributed by atoms with E-state index in [1.807, 2.05) is 6.92 Å². The van der Waals surface area contributed by atoms with Gasteiger partial charge in [-0.1, -0.05) is 0 Å². The number of hydrogen-bond donors (Lipinski definition) is 2. The number of hydrogen-bond acceptors (Lipinski definition) is 3. The number of amides is 2. The maximum absolute atomic E-state index is 12.3. The van der Waals surface area contributed by atoms with E-state index >= 15 is 0 Å². The summed E-state index contributed by atoms with van der Waals surface area (Å²) in [5, 5.41) is 9.46. The van der Waals surface area contributed by atoms with E-state index in [2.05, 4.69) is 15.7 Å². The zero-order valence-electron chi connectivity index (χ0n) is 12.6. The molecule has 1 aromatic heterocycles. The van der Waals surface area contributed by atoms with Crippen LogP contribution in [0.25, 0.3) is 0 Å². The van der Waals surface area contributed by atoms with E-state index in [-0.39, 0.29) is 11.9 Å². The molecule has 0 spiro atoms. The molecule has 2 amide bonds. The average Bonchev–Trinajstić information content (AvgIpc) is 2.92. The number of carbonyl (C=O) groups excluding carboxylic acids is 1. The molecule has 0 radical (unpaired) electrons. The molecule has 22 heavy (non-hydrogen) atoms. The van der Waals surface area contributed by atoms with E-state index in [0.29, 0.717) is 31.9 Å². The quantitative estimate of drug-likeness (QED) is 0.888. The first-order valence-electron chi connectivity index (χ1n) is 7.07. The lowest BCUT2D eigenvalue weighted by atomic mass is 10.1. The van der Waals surface area contributed by atoms with Gasteiger partial charge in [0.1, 0.15) is 5.82 Å². The molecule has 2 heterocycles. The van der Waals surface area contributed by atoms with Crippen LogP contribution in [0.5, 0.6) is 0 Å². The van der Waals surface area contributed by atoms with E-state index in [1.165, 1.54) is 4.90 Å². The van der Waals surface area contributed by atoms with Crippen LogP contribution in [0.4, 0.5) is 23.8 Å². The molecule has 0 aromatic carbocycles. The topological polar surface area (TPSA) is 62.2 Å². The molecule has 1 saturated heterocycles. The minimum Gasteiger partial charge on any atom is -0.338 e. The summed E-state index contributed by atoms with van der Waals surface area (Å²) in [5.74, 6) is 0.612. The maximum Gasteiger partial charge on any atom is 0.401 e. The second-order valence-electron chi connectivity index (χ2n) is 5.63. The smallest absolute Gasteiger partial charge is 0.338 e. The Hall–Kier alpha value is -1.77. The normalized spacial score (nSPS) is 19.4. The van der Waals surface area contributed by atoms with Crippen LogP contribution in [0.2, 0.25) is 0 Å². The van der Waals surface area contributed by atoms with Crippen LogP contribution in [0.15, 0.2) is 6.07 Å². The van der Waals surface area contributed by atoms with E-state index in [4.69, 9.17) is 0 Å². The molecule has 9 heteroatoms. The van der Waals surface area contributed by atoms with Gasteiger partial charge in [-0.15, -0.1) is 0 Å². The van der Waals surface area contributed by atoms with Crippen molar-refractivity contribution in [2.24, 2.45) is 13.0 Å². The second kappa shape index (κ2) is 6.55. The van der Waals surface area contributed by atoms with Gasteiger partial charge in [-0.2, -0.15) is 18.3 Å². The fourth-order valence-electron chi connectivity index (χ4n) is 2.60. The third kappa shape index (κ3) is 4.90. The number of rotatable bonds is 4. The van der Waals surface area contributed by atoms with Crippen molar-refractivity contribution in [3.63, 3.8) is 0 Å². The molecule has 124 valence electrons. The highest BCUT2D eigenvalue weighted by Crippen LogP contribution is 2.22. The van der Waals surface area contributed by atoms with Gasteiger partial charge in [-0.05, 0) is 25.8 Å². The standard InChI is InChI=1S/C13H20F3N5O/c1-9-5-11(20(2)19-9)18-12(22)17-6-10-3-4-21(7-10)8-13(14,15)16/h5,10H,3-4,6-8H2,1-2H3,(H2,17,18,22)/t10-/m0/s1. The van der Waals surface area contributed by atoms with Gasteiger partial charge in [-0.25, -0.2) is 4.79 Å². The highest BCUT2D eigenvalue weighted by Gasteiger charge is 2.34. The number of halogens is 3. The molecule has 1 aliphatic heterocycles. The van der Waals surface area contributed by atoms with E-state index in [1.54, 1.807) is 17.8 Å². The van der Waals surface area contributed by atoms with Crippen LogP contribution < -0.4 is 10.6 Å². The zero-order chi connectivity index (χ0) is 16.3. The number of alkyl halides is 3. The van der Waals surface area contributed by atoms with Crippen molar-refractivity contribution in [3.8, 4) is 0 Å². The molecule has 0 bridgehead atoms. The Labute approximate surface area is 126 Å². The van der Waals surface area contributed by atoms with E-state index in [0.717, 1.165) is 5.69 Å². The molecule has 0 unspecified atom stereocenters. The largest absolute Gasteiger partial charge is 0.401 e. The van der Waals surface area contributed by atoms with Crippen molar-refractivity contribution in [1.29, 1.82) is 0 Å². The number of nitrogens with zero attached hydrogens (tertiary/aromatic N) is 3. The number of anilines is 1. The molecule has 1 aliphatic rings. The van der Waals surface area contributed by atoms with Gasteiger partial charge in [0.15, 0.2) is 0 Å². The monoisotopic (exact) mass is 319 g/mol. The Bertz CT molecular complexity index is 528. The molecule has 1 atom stereocenters. The summed E-state index contributed by atoms with van der Waals surface area (Å²) in [6, 6.07) is 1.36. The van der Waals surface area contributed by atoms with Crippen molar-refractivity contribution < 1.29 is 18.0 Å². The van der Waals surface area contributed by atoms with Crippen LogP contribution in [-0.4, -0.2) is 53.1 Å². The number of likely N-dealkylation sites (tertiary alicyclic amines) is 1. The van der Waals surface area contributed by atoms with Crippen molar-refractivity contribution in [1.82, 2.24) is 20.0 Å². The summed E-state index contributed by atoms with van der Waals surface area (Å²) in [5.41, 5.74) is 0.788. The van der Waals surface area contributed by atoms with Gasteiger partial charge < -0.3 is 5.32 Å². The van der Waals surface area contributed by atoms with E-state index < -0.39 is 12.7 Å². The first-order chi connectivity index (χ1) is 10.2. The van der Waals surface area contributed by atoms with Crippen LogP contribution in [0.3, 0.4) is 0 Å². The third-order valence-electron chi connectivity index (χ3n) is 3.57. The average molecular weight is 319 g/mol. The lowest BCUT2D eigenvalue weighted by molar-refractivity contribution is -0.143. The van der Waals surface area contributed by atoms with Crippen LogP contribution >= 0.6 is 0 Å². The molecular weight excluding hydrogens is 299 g/mol. The predicted octanol–water partition coefficient (Wildman–Crippen LogP) is 1.73. The van der Waals surface area contributed by atoms with Gasteiger partial charge in [0.05, 0.1) is 12.2 Å². The number of aromatic nitrogens is 2. The molecule has 1 aromatic rings. The number of nitrogens with one attached hydrogen (secondary N) is 2. The van der Waals surface area contributed by atoms with Gasteiger partial charge in [-0.3, -0.25) is 14.9 Å². The molecule has 6 nitrogen and oxygen atoms in total. The Morgan fingerprint density at radius 2 is 2.23 bits per heavy atom. The van der Waals surface area contributed by atoms with Crippen molar-refractivity contribution >= 4 is 11.8 Å². The highest BCUT2D eigenvalue weighted by atomic mass is 19.4. The molecular formula is C13H20F3N5O. The van der Waals surface area contributed by atoms with Gasteiger partial charge >= 0.3 is 12.2 Å². The Kier molecular flexibility index (Phi) is 4.94. The Morgan fingerprint density at radius 3 is 2.82 bits per heavy atom. The summed E-state index contributed by atoms with van der Waals surface area (Å²) < 4.78 is 38.5. The van der Waals surface area contributed by atoms with Gasteiger partial charge in [0.2, 0.25) is 0 Å². The molecule has 0 saturated carbocycles. The maximum atomic E-state index is 12.3. The molecule has 2 rings (SSSR count). The second-order valence-corrected chi connectivity index (χ2v) is 5.63. The number of aryl methyl sites for hydroxylation is 2. The lowest BCUT2D eigenvalue weighted by Crippen LogP contribution is -2.36. The molecule has 0 aliphatic carbocycles. The first-order valence-corrected chi connectivity index (χ1v) is 7.07. The number of carbonyl (C=O) groups is 1. The fraction of sp³-hybridized carbons (Fsp3) is 0.692. The summed E-state index contributed by atoms with van der Waals surface area (Å²) >= 11 is 0. The van der Waals surface area contributed by atoms with Gasteiger partial charge in [0.25, 0.3) is 0 Å². The summed E-state index contributed by atoms with van der Waals surface area (Å²) in [6.07, 6.45) is -3.52. The third-order valence-corrected chi connectivity index (χ3v) is 3.57. The van der Waals surface area contributed by atoms with E-state index in [9.17, 15) is 18.0 Å². The highest BCUT2D eigenvalue weighted by molar-refractivity contribution is 5.88. The lowest BCUT2D eigenvalue weighted by Gasteiger charge is -2.18. The van der Waals surface area contributed by atoms with Crippen molar-refractivity contribution in [3.05, 3.63) is 11.8 Å². The Balaban J connectivity index is 1.72. The van der Waals surface area contributed by atoms with Crippen LogP contribution in [0.1, 0.15) is 12.1 Å². The first kappa shape index (κ1) is 16.6.